The van der Waals surface area contributed by atoms with Crippen molar-refractivity contribution in [3.63, 3.8) is 0 Å². The summed E-state index contributed by atoms with van der Waals surface area (Å²) in [7, 11) is 0. The third-order valence-corrected chi connectivity index (χ3v) is 9.42. The van der Waals surface area contributed by atoms with Crippen LogP contribution in [0.4, 0.5) is 0 Å². The van der Waals surface area contributed by atoms with Crippen molar-refractivity contribution >= 4 is 11.8 Å². The summed E-state index contributed by atoms with van der Waals surface area (Å²) in [6, 6.07) is 8.79. The van der Waals surface area contributed by atoms with Crippen LogP contribution in [0.25, 0.3) is 11.8 Å². The Labute approximate surface area is 172 Å². The Kier molecular flexibility index (Phi) is 6.64. The molecule has 4 rings (SSSR count). The van der Waals surface area contributed by atoms with E-state index in [-0.39, 0.29) is 24.8 Å². The molecule has 6 heteroatoms. The van der Waals surface area contributed by atoms with Crippen LogP contribution in [-0.4, -0.2) is 14.8 Å². The summed E-state index contributed by atoms with van der Waals surface area (Å²) in [5, 5.41) is 4.39. The average molecular weight is 452 g/mol. The first kappa shape index (κ1) is 20.4. The zero-order valence-corrected chi connectivity index (χ0v) is 18.4. The molecule has 1 unspecified atom stereocenters. The summed E-state index contributed by atoms with van der Waals surface area (Å²) in [5.41, 5.74) is 8.75. The van der Waals surface area contributed by atoms with Crippen molar-refractivity contribution in [1.82, 2.24) is 14.8 Å². The van der Waals surface area contributed by atoms with E-state index < -0.39 is 23.2 Å². The Morgan fingerprint density at radius 1 is 1.08 bits per heavy atom. The molecule has 0 fully saturated rings. The van der Waals surface area contributed by atoms with E-state index in [0.717, 1.165) is 0 Å². The fourth-order valence-electron chi connectivity index (χ4n) is 3.41. The van der Waals surface area contributed by atoms with Crippen molar-refractivity contribution in [1.29, 1.82) is 0 Å². The van der Waals surface area contributed by atoms with Crippen LogP contribution in [0.5, 0.6) is 0 Å². The van der Waals surface area contributed by atoms with Crippen molar-refractivity contribution in [2.45, 2.75) is 30.8 Å². The van der Waals surface area contributed by atoms with E-state index >= 15 is 0 Å². The molecule has 3 nitrogen and oxygen atoms in total. The summed E-state index contributed by atoms with van der Waals surface area (Å²) in [6.45, 7) is 6.86. The van der Waals surface area contributed by atoms with Crippen molar-refractivity contribution in [3.8, 4) is 0 Å². The van der Waals surface area contributed by atoms with Gasteiger partial charge in [-0.1, -0.05) is 0 Å². The Bertz CT molecular complexity index is 867. The number of halogens is 2. The van der Waals surface area contributed by atoms with Gasteiger partial charge < -0.3 is 24.8 Å². The number of fused-ring (bicyclic) bond motifs is 1. The molecule has 1 atom stereocenters. The maximum Gasteiger partial charge on any atom is -1.00 e. The molecule has 1 heterocycles. The monoisotopic (exact) mass is 449 g/mol. The maximum atomic E-state index is 4.39. The van der Waals surface area contributed by atoms with Crippen molar-refractivity contribution < 1.29 is 48.0 Å². The average Bonchev–Trinajstić information content (AvgIpc) is 3.25. The molecule has 0 aliphatic heterocycles. The van der Waals surface area contributed by atoms with Crippen LogP contribution < -0.4 is 24.8 Å². The van der Waals surface area contributed by atoms with Crippen molar-refractivity contribution in [2.75, 3.05) is 0 Å². The van der Waals surface area contributed by atoms with Gasteiger partial charge in [-0.3, -0.25) is 0 Å². The van der Waals surface area contributed by atoms with Gasteiger partial charge in [-0.25, -0.2) is 0 Å². The maximum absolute atomic E-state index is 4.39. The molecule has 2 aliphatic carbocycles. The zero-order chi connectivity index (χ0) is 16.0. The van der Waals surface area contributed by atoms with Crippen molar-refractivity contribution in [3.05, 3.63) is 68.0 Å². The van der Waals surface area contributed by atoms with Crippen molar-refractivity contribution in [2.24, 2.45) is 0 Å². The number of nitrogens with zero attached hydrogens (tertiary/aromatic N) is 3. The Balaban J connectivity index is 0.00000113. The van der Waals surface area contributed by atoms with Crippen LogP contribution in [-0.2, 0) is 23.2 Å². The van der Waals surface area contributed by atoms with Crippen LogP contribution in [0.15, 0.2) is 56.9 Å². The molecule has 128 valence electrons. The van der Waals surface area contributed by atoms with Crippen LogP contribution in [0, 0.1) is 0 Å². The summed E-state index contributed by atoms with van der Waals surface area (Å²) < 4.78 is 4.22. The van der Waals surface area contributed by atoms with Gasteiger partial charge in [0, 0.05) is 0 Å². The van der Waals surface area contributed by atoms with E-state index in [1.165, 1.54) is 28.8 Å². The standard InChI is InChI=1S/C11H8N3.C8H11.2ClH.Zr/c1-2-4-10-6-11(5-9(10)3-1)14-8-12-7-13-14;1-6-4-5-7(2)8(6)3;;;/h1-8H;4H2,1-3H3;2*1H;/q;;;;+2/p-2. The van der Waals surface area contributed by atoms with E-state index in [1.54, 1.807) is 20.8 Å². The molecule has 1 aromatic heterocycles. The van der Waals surface area contributed by atoms with Gasteiger partial charge in [0.15, 0.2) is 0 Å². The van der Waals surface area contributed by atoms with E-state index in [2.05, 4.69) is 61.2 Å². The quantitative estimate of drug-likeness (QED) is 0.565. The number of benzene rings is 1. The minimum absolute atomic E-state index is 0. The number of aromatic nitrogens is 3. The number of allylic oxidation sites excluding steroid dienone is 5. The first-order chi connectivity index (χ1) is 11.1. The summed E-state index contributed by atoms with van der Waals surface area (Å²) >= 11 is -0.781. The second-order valence-electron chi connectivity index (χ2n) is 6.30. The Hall–Kier alpha value is -0.957. The summed E-state index contributed by atoms with van der Waals surface area (Å²) in [4.78, 5) is 4.14. The van der Waals surface area contributed by atoms with Gasteiger partial charge in [0.25, 0.3) is 0 Å². The number of hydrogen-bond donors (Lipinski definition) is 0. The van der Waals surface area contributed by atoms with Gasteiger partial charge in [0.1, 0.15) is 0 Å². The molecule has 0 radical (unpaired) electrons. The fourth-order valence-corrected chi connectivity index (χ4v) is 8.08. The largest absolute Gasteiger partial charge is 1.00 e. The number of rotatable bonds is 3. The molecule has 1 aromatic carbocycles. The molecule has 25 heavy (non-hydrogen) atoms. The predicted molar refractivity (Wildman–Crippen MR) is 89.1 cm³/mol. The van der Waals surface area contributed by atoms with Gasteiger partial charge in [-0.05, 0) is 0 Å². The molecule has 2 aromatic rings. The van der Waals surface area contributed by atoms with Gasteiger partial charge in [-0.15, -0.1) is 0 Å². The van der Waals surface area contributed by atoms with Crippen LogP contribution in [0.2, 0.25) is 0 Å². The third kappa shape index (κ3) is 3.63. The first-order valence-electron chi connectivity index (χ1n) is 7.93. The topological polar surface area (TPSA) is 30.7 Å². The van der Waals surface area contributed by atoms with Gasteiger partial charge in [-0.2, -0.15) is 0 Å². The van der Waals surface area contributed by atoms with Crippen LogP contribution >= 0.6 is 0 Å². The fraction of sp³-hybridized carbons (Fsp3) is 0.263. The first-order valence-corrected chi connectivity index (χ1v) is 10.6. The predicted octanol–water partition coefficient (Wildman–Crippen LogP) is -1.56. The molecule has 0 amide bonds. The second kappa shape index (κ2) is 8.16. The number of hydrogen-bond acceptors (Lipinski definition) is 2. The van der Waals surface area contributed by atoms with Gasteiger partial charge >= 0.3 is 149 Å². The molecular formula is C19H19Cl2N3Zr. The Morgan fingerprint density at radius 3 is 2.48 bits per heavy atom. The smallest absolute Gasteiger partial charge is 1.00 e. The normalized spacial score (nSPS) is 18.4. The van der Waals surface area contributed by atoms with Gasteiger partial charge in [0.05, 0.1) is 0 Å². The molecule has 0 saturated carbocycles. The molecular weight excluding hydrogens is 432 g/mol. The van der Waals surface area contributed by atoms with Crippen LogP contribution in [0.1, 0.15) is 41.9 Å². The van der Waals surface area contributed by atoms with E-state index in [0.29, 0.717) is 3.63 Å². The molecule has 0 bridgehead atoms. The van der Waals surface area contributed by atoms with Gasteiger partial charge in [0.2, 0.25) is 0 Å². The molecule has 0 spiro atoms. The SMILES string of the molecule is CC1=C(C)C(C)=[C]([Zr+2][CH]2C(n3cncn3)=Cc3ccccc32)C1.[Cl-].[Cl-]. The van der Waals surface area contributed by atoms with E-state index in [9.17, 15) is 0 Å². The third-order valence-electron chi connectivity index (χ3n) is 5.01. The molecule has 0 saturated heterocycles. The molecule has 0 N–H and O–H groups in total. The minimum Gasteiger partial charge on any atom is -1.00 e. The Morgan fingerprint density at radius 2 is 1.84 bits per heavy atom. The second-order valence-corrected chi connectivity index (χ2v) is 9.91. The molecule has 2 aliphatic rings. The zero-order valence-electron chi connectivity index (χ0n) is 14.4. The van der Waals surface area contributed by atoms with E-state index in [4.69, 9.17) is 0 Å². The minimum atomic E-state index is -0.781. The summed E-state index contributed by atoms with van der Waals surface area (Å²) in [6.07, 6.45) is 6.94. The van der Waals surface area contributed by atoms with E-state index in [1.807, 2.05) is 11.0 Å². The summed E-state index contributed by atoms with van der Waals surface area (Å²) in [5.74, 6) is 0. The van der Waals surface area contributed by atoms with Crippen LogP contribution in [0.3, 0.4) is 0 Å².